The normalized spacial score (nSPS) is 10.8. The molecule has 3 aromatic rings. The van der Waals surface area contributed by atoms with Crippen LogP contribution in [0.3, 0.4) is 0 Å². The molecule has 1 N–H and O–H groups in total. The van der Waals surface area contributed by atoms with E-state index >= 15 is 0 Å². The summed E-state index contributed by atoms with van der Waals surface area (Å²) < 4.78 is 2.39. The van der Waals surface area contributed by atoms with Gasteiger partial charge in [-0.2, -0.15) is 0 Å². The molecule has 5 heteroatoms. The molecule has 94 valence electrons. The van der Waals surface area contributed by atoms with Gasteiger partial charge in [-0.3, -0.25) is 9.36 Å². The van der Waals surface area contributed by atoms with Crippen molar-refractivity contribution in [1.82, 2.24) is 9.55 Å². The molecule has 0 spiro atoms. The number of fused-ring (bicyclic) bond motifs is 1. The SMILES string of the molecule is O=c1c2cc(O)ccc2ncn1-c1ccc(Br)cc1. The summed E-state index contributed by atoms with van der Waals surface area (Å²) in [4.78, 5) is 16.6. The molecular formula is C14H9BrN2O2. The maximum atomic E-state index is 12.4. The Balaban J connectivity index is 2.28. The van der Waals surface area contributed by atoms with Crippen molar-refractivity contribution in [2.45, 2.75) is 0 Å². The Labute approximate surface area is 117 Å². The molecule has 3 rings (SSSR count). The first-order valence-corrected chi connectivity index (χ1v) is 6.41. The lowest BCUT2D eigenvalue weighted by atomic mass is 10.2. The second-order valence-electron chi connectivity index (χ2n) is 4.10. The van der Waals surface area contributed by atoms with Gasteiger partial charge in [-0.25, -0.2) is 4.98 Å². The summed E-state index contributed by atoms with van der Waals surface area (Å²) >= 11 is 3.35. The molecule has 0 amide bonds. The Bertz CT molecular complexity index is 810. The van der Waals surface area contributed by atoms with Crippen LogP contribution in [0, 0.1) is 0 Å². The molecule has 0 aliphatic heterocycles. The van der Waals surface area contributed by atoms with Crippen molar-refractivity contribution in [3.8, 4) is 11.4 Å². The minimum atomic E-state index is -0.205. The van der Waals surface area contributed by atoms with E-state index in [2.05, 4.69) is 20.9 Å². The highest BCUT2D eigenvalue weighted by atomic mass is 79.9. The van der Waals surface area contributed by atoms with Gasteiger partial charge >= 0.3 is 0 Å². The zero-order chi connectivity index (χ0) is 13.4. The molecule has 0 saturated heterocycles. The smallest absolute Gasteiger partial charge is 0.265 e. The first-order valence-electron chi connectivity index (χ1n) is 5.61. The topological polar surface area (TPSA) is 55.1 Å². The molecule has 0 radical (unpaired) electrons. The van der Waals surface area contributed by atoms with E-state index in [1.165, 1.54) is 23.0 Å². The zero-order valence-electron chi connectivity index (χ0n) is 9.75. The lowest BCUT2D eigenvalue weighted by molar-refractivity contribution is 0.476. The second kappa shape index (κ2) is 4.51. The van der Waals surface area contributed by atoms with E-state index in [0.717, 1.165) is 10.2 Å². The molecule has 1 heterocycles. The quantitative estimate of drug-likeness (QED) is 0.751. The standard InChI is InChI=1S/C14H9BrN2O2/c15-9-1-3-10(4-2-9)17-8-16-13-6-5-11(18)7-12(13)14(17)19/h1-8,18H. The van der Waals surface area contributed by atoms with Gasteiger partial charge in [0.05, 0.1) is 16.6 Å². The summed E-state index contributed by atoms with van der Waals surface area (Å²) in [5.74, 6) is 0.0555. The van der Waals surface area contributed by atoms with Gasteiger partial charge < -0.3 is 5.11 Å². The number of hydrogen-bond donors (Lipinski definition) is 1. The highest BCUT2D eigenvalue weighted by Crippen LogP contribution is 2.16. The Hall–Kier alpha value is -2.14. The fraction of sp³-hybridized carbons (Fsp3) is 0. The van der Waals surface area contributed by atoms with Crippen molar-refractivity contribution >= 4 is 26.8 Å². The second-order valence-corrected chi connectivity index (χ2v) is 5.01. The Morgan fingerprint density at radius 2 is 1.84 bits per heavy atom. The molecule has 0 unspecified atom stereocenters. The number of halogens is 1. The van der Waals surface area contributed by atoms with Crippen LogP contribution in [0.25, 0.3) is 16.6 Å². The summed E-state index contributed by atoms with van der Waals surface area (Å²) in [6, 6.07) is 11.9. The average molecular weight is 317 g/mol. The van der Waals surface area contributed by atoms with Crippen LogP contribution >= 0.6 is 15.9 Å². The van der Waals surface area contributed by atoms with Crippen LogP contribution in [0.4, 0.5) is 0 Å². The number of aromatic hydroxyl groups is 1. The van der Waals surface area contributed by atoms with Gasteiger partial charge in [0, 0.05) is 4.47 Å². The van der Waals surface area contributed by atoms with Crippen LogP contribution in [0.2, 0.25) is 0 Å². The molecule has 0 atom stereocenters. The Kier molecular flexibility index (Phi) is 2.83. The van der Waals surface area contributed by atoms with Crippen molar-refractivity contribution in [3.63, 3.8) is 0 Å². The van der Waals surface area contributed by atoms with E-state index in [4.69, 9.17) is 0 Å². The maximum absolute atomic E-state index is 12.4. The third-order valence-electron chi connectivity index (χ3n) is 2.85. The minimum absolute atomic E-state index is 0.0555. The van der Waals surface area contributed by atoms with Gasteiger partial charge in [0.2, 0.25) is 0 Å². The summed E-state index contributed by atoms with van der Waals surface area (Å²) in [5.41, 5.74) is 1.09. The molecule has 0 fully saturated rings. The average Bonchev–Trinajstić information content (AvgIpc) is 2.41. The largest absolute Gasteiger partial charge is 0.508 e. The van der Waals surface area contributed by atoms with Crippen LogP contribution in [-0.4, -0.2) is 14.7 Å². The van der Waals surface area contributed by atoms with E-state index < -0.39 is 0 Å². The fourth-order valence-corrected chi connectivity index (χ4v) is 2.16. The lowest BCUT2D eigenvalue weighted by Gasteiger charge is -2.06. The van der Waals surface area contributed by atoms with Crippen LogP contribution < -0.4 is 5.56 Å². The highest BCUT2D eigenvalue weighted by molar-refractivity contribution is 9.10. The van der Waals surface area contributed by atoms with Crippen LogP contribution in [-0.2, 0) is 0 Å². The Morgan fingerprint density at radius 1 is 1.11 bits per heavy atom. The first kappa shape index (κ1) is 11.9. The molecule has 0 saturated carbocycles. The summed E-state index contributed by atoms with van der Waals surface area (Å²) in [6.07, 6.45) is 1.49. The predicted molar refractivity (Wildman–Crippen MR) is 76.7 cm³/mol. The minimum Gasteiger partial charge on any atom is -0.508 e. The van der Waals surface area contributed by atoms with Crippen molar-refractivity contribution in [3.05, 3.63) is 63.6 Å². The van der Waals surface area contributed by atoms with E-state index in [9.17, 15) is 9.90 Å². The molecule has 4 nitrogen and oxygen atoms in total. The van der Waals surface area contributed by atoms with Gasteiger partial charge in [0.1, 0.15) is 12.1 Å². The summed E-state index contributed by atoms with van der Waals surface area (Å²) in [7, 11) is 0. The van der Waals surface area contributed by atoms with Gasteiger partial charge in [-0.05, 0) is 42.5 Å². The van der Waals surface area contributed by atoms with Crippen molar-refractivity contribution < 1.29 is 5.11 Å². The van der Waals surface area contributed by atoms with Gasteiger partial charge in [-0.1, -0.05) is 15.9 Å². The van der Waals surface area contributed by atoms with Gasteiger partial charge in [-0.15, -0.1) is 0 Å². The van der Waals surface area contributed by atoms with E-state index in [-0.39, 0.29) is 11.3 Å². The number of hydrogen-bond acceptors (Lipinski definition) is 3. The van der Waals surface area contributed by atoms with Crippen LogP contribution in [0.5, 0.6) is 5.75 Å². The van der Waals surface area contributed by atoms with Crippen molar-refractivity contribution in [1.29, 1.82) is 0 Å². The van der Waals surface area contributed by atoms with Crippen molar-refractivity contribution in [2.24, 2.45) is 0 Å². The number of aromatic nitrogens is 2. The van der Waals surface area contributed by atoms with E-state index in [0.29, 0.717) is 10.9 Å². The maximum Gasteiger partial charge on any atom is 0.265 e. The predicted octanol–water partition coefficient (Wildman–Crippen LogP) is 2.85. The van der Waals surface area contributed by atoms with Crippen LogP contribution in [0.1, 0.15) is 0 Å². The fourth-order valence-electron chi connectivity index (χ4n) is 1.90. The molecule has 0 aliphatic carbocycles. The molecule has 2 aromatic carbocycles. The van der Waals surface area contributed by atoms with Gasteiger partial charge in [0.15, 0.2) is 0 Å². The molecule has 0 bridgehead atoms. The summed E-state index contributed by atoms with van der Waals surface area (Å²) in [6.45, 7) is 0. The third kappa shape index (κ3) is 2.13. The highest BCUT2D eigenvalue weighted by Gasteiger charge is 2.06. The first-order chi connectivity index (χ1) is 9.15. The third-order valence-corrected chi connectivity index (χ3v) is 3.38. The number of nitrogens with zero attached hydrogens (tertiary/aromatic N) is 2. The van der Waals surface area contributed by atoms with Crippen LogP contribution in [0.15, 0.2) is 58.1 Å². The molecule has 19 heavy (non-hydrogen) atoms. The lowest BCUT2D eigenvalue weighted by Crippen LogP contribution is -2.18. The molecule has 1 aromatic heterocycles. The molecule has 0 aliphatic rings. The zero-order valence-corrected chi connectivity index (χ0v) is 11.3. The van der Waals surface area contributed by atoms with Gasteiger partial charge in [0.25, 0.3) is 5.56 Å². The van der Waals surface area contributed by atoms with E-state index in [1.807, 2.05) is 24.3 Å². The van der Waals surface area contributed by atoms with Crippen molar-refractivity contribution in [2.75, 3.05) is 0 Å². The number of phenols is 1. The van der Waals surface area contributed by atoms with E-state index in [1.54, 1.807) is 6.07 Å². The Morgan fingerprint density at radius 3 is 2.58 bits per heavy atom. The molecular weight excluding hydrogens is 308 g/mol. The monoisotopic (exact) mass is 316 g/mol. The number of rotatable bonds is 1. The summed E-state index contributed by atoms with van der Waals surface area (Å²) in [5, 5.41) is 9.86. The number of phenolic OH excluding ortho intramolecular Hbond substituents is 1. The number of benzene rings is 2.